The molecular formula is C11H26N2O. The van der Waals surface area contributed by atoms with Gasteiger partial charge in [-0.2, -0.15) is 0 Å². The molecule has 2 atom stereocenters. The van der Waals surface area contributed by atoms with Gasteiger partial charge < -0.3 is 15.4 Å². The third kappa shape index (κ3) is 3.56. The highest BCUT2D eigenvalue weighted by molar-refractivity contribution is 4.91. The number of hydrogen-bond donors (Lipinski definition) is 1. The Labute approximate surface area is 88.6 Å². The van der Waals surface area contributed by atoms with Gasteiger partial charge >= 0.3 is 0 Å². The highest BCUT2D eigenvalue weighted by Gasteiger charge is 2.31. The van der Waals surface area contributed by atoms with Gasteiger partial charge in [-0.3, -0.25) is 0 Å². The summed E-state index contributed by atoms with van der Waals surface area (Å²) in [6.07, 6.45) is 2.09. The average molecular weight is 202 g/mol. The molecule has 0 rings (SSSR count). The van der Waals surface area contributed by atoms with Crippen LogP contribution in [-0.2, 0) is 4.74 Å². The van der Waals surface area contributed by atoms with Crippen LogP contribution in [0.4, 0.5) is 0 Å². The van der Waals surface area contributed by atoms with Crippen LogP contribution in [0.1, 0.15) is 33.6 Å². The second kappa shape index (κ2) is 6.38. The molecule has 0 spiro atoms. The van der Waals surface area contributed by atoms with E-state index in [0.29, 0.717) is 6.61 Å². The molecule has 0 aromatic carbocycles. The summed E-state index contributed by atoms with van der Waals surface area (Å²) in [5.41, 5.74) is 6.17. The Morgan fingerprint density at radius 1 is 1.36 bits per heavy atom. The molecule has 2 N–H and O–H groups in total. The van der Waals surface area contributed by atoms with Crippen LogP contribution < -0.4 is 5.73 Å². The number of likely N-dealkylation sites (N-methyl/N-ethyl adjacent to an activating group) is 1. The van der Waals surface area contributed by atoms with Gasteiger partial charge in [-0.1, -0.05) is 13.8 Å². The Balaban J connectivity index is 4.10. The summed E-state index contributed by atoms with van der Waals surface area (Å²) < 4.78 is 5.49. The second-order valence-corrected chi connectivity index (χ2v) is 4.29. The maximum absolute atomic E-state index is 6.14. The Bertz CT molecular complexity index is 150. The Hall–Kier alpha value is -0.120. The lowest BCUT2D eigenvalue weighted by Crippen LogP contribution is -2.56. The Morgan fingerprint density at radius 3 is 2.29 bits per heavy atom. The number of ether oxygens (including phenoxy) is 1. The van der Waals surface area contributed by atoms with Crippen LogP contribution in [0.3, 0.4) is 0 Å². The number of nitrogens with two attached hydrogens (primary N) is 1. The molecule has 0 aliphatic heterocycles. The fraction of sp³-hybridized carbons (Fsp3) is 1.00. The maximum atomic E-state index is 6.14. The molecule has 0 saturated carbocycles. The Kier molecular flexibility index (Phi) is 6.33. The van der Waals surface area contributed by atoms with Crippen molar-refractivity contribution in [3.05, 3.63) is 0 Å². The van der Waals surface area contributed by atoms with Gasteiger partial charge in [0.05, 0.1) is 6.61 Å². The van der Waals surface area contributed by atoms with Crippen molar-refractivity contribution >= 4 is 0 Å². The van der Waals surface area contributed by atoms with E-state index < -0.39 is 0 Å². The molecule has 3 heteroatoms. The third-order valence-electron chi connectivity index (χ3n) is 3.18. The molecule has 0 aromatic rings. The molecule has 0 heterocycles. The number of rotatable bonds is 7. The molecule has 0 amide bonds. The van der Waals surface area contributed by atoms with E-state index >= 15 is 0 Å². The lowest BCUT2D eigenvalue weighted by Gasteiger charge is -2.40. The molecule has 0 fully saturated rings. The summed E-state index contributed by atoms with van der Waals surface area (Å²) in [5.74, 6) is 0. The van der Waals surface area contributed by atoms with Gasteiger partial charge in [0.15, 0.2) is 0 Å². The highest BCUT2D eigenvalue weighted by atomic mass is 16.5. The summed E-state index contributed by atoms with van der Waals surface area (Å²) in [5, 5.41) is 0. The van der Waals surface area contributed by atoms with Gasteiger partial charge in [0.2, 0.25) is 0 Å². The maximum Gasteiger partial charge on any atom is 0.0635 e. The molecule has 0 aliphatic carbocycles. The van der Waals surface area contributed by atoms with E-state index in [-0.39, 0.29) is 11.6 Å². The second-order valence-electron chi connectivity index (χ2n) is 4.29. The lowest BCUT2D eigenvalue weighted by molar-refractivity contribution is 0.0525. The van der Waals surface area contributed by atoms with Gasteiger partial charge in [-0.25, -0.2) is 0 Å². The molecular weight excluding hydrogens is 176 g/mol. The molecule has 14 heavy (non-hydrogen) atoms. The molecule has 0 saturated heterocycles. The first-order chi connectivity index (χ1) is 6.49. The molecule has 0 aliphatic rings. The molecule has 0 aromatic heterocycles. The van der Waals surface area contributed by atoms with Crippen LogP contribution in [0.25, 0.3) is 0 Å². The van der Waals surface area contributed by atoms with E-state index in [2.05, 4.69) is 39.8 Å². The van der Waals surface area contributed by atoms with Crippen LogP contribution >= 0.6 is 0 Å². The van der Waals surface area contributed by atoms with E-state index in [1.54, 1.807) is 0 Å². The van der Waals surface area contributed by atoms with Gasteiger partial charge in [0, 0.05) is 18.2 Å². The quantitative estimate of drug-likeness (QED) is 0.635. The average Bonchev–Trinajstić information content (AvgIpc) is 2.16. The molecule has 0 radical (unpaired) electrons. The smallest absolute Gasteiger partial charge is 0.0635 e. The van der Waals surface area contributed by atoms with E-state index in [9.17, 15) is 0 Å². The van der Waals surface area contributed by atoms with Crippen molar-refractivity contribution in [1.82, 2.24) is 4.90 Å². The minimum Gasteiger partial charge on any atom is -0.380 e. The fourth-order valence-electron chi connectivity index (χ4n) is 1.44. The van der Waals surface area contributed by atoms with Crippen molar-refractivity contribution in [2.75, 3.05) is 27.3 Å². The Morgan fingerprint density at radius 2 is 1.93 bits per heavy atom. The SMILES string of the molecule is CCCOCC(N)C(C)(CC)N(C)C. The van der Waals surface area contributed by atoms with Crippen molar-refractivity contribution in [3.8, 4) is 0 Å². The van der Waals surface area contributed by atoms with E-state index in [1.165, 1.54) is 0 Å². The molecule has 86 valence electrons. The molecule has 2 unspecified atom stereocenters. The van der Waals surface area contributed by atoms with E-state index in [1.807, 2.05) is 0 Å². The topological polar surface area (TPSA) is 38.5 Å². The van der Waals surface area contributed by atoms with Gasteiger partial charge in [-0.15, -0.1) is 0 Å². The van der Waals surface area contributed by atoms with Crippen LogP contribution in [0.5, 0.6) is 0 Å². The normalized spacial score (nSPS) is 18.2. The molecule has 3 nitrogen and oxygen atoms in total. The van der Waals surface area contributed by atoms with Crippen molar-refractivity contribution in [3.63, 3.8) is 0 Å². The van der Waals surface area contributed by atoms with Crippen molar-refractivity contribution in [2.24, 2.45) is 5.73 Å². The summed E-state index contributed by atoms with van der Waals surface area (Å²) in [6.45, 7) is 7.92. The molecule has 0 bridgehead atoms. The van der Waals surface area contributed by atoms with E-state index in [4.69, 9.17) is 10.5 Å². The zero-order valence-corrected chi connectivity index (χ0v) is 10.3. The first-order valence-electron chi connectivity index (χ1n) is 5.49. The van der Waals surface area contributed by atoms with Crippen molar-refractivity contribution < 1.29 is 4.74 Å². The first-order valence-corrected chi connectivity index (χ1v) is 5.49. The summed E-state index contributed by atoms with van der Waals surface area (Å²) >= 11 is 0. The summed E-state index contributed by atoms with van der Waals surface area (Å²) in [6, 6.07) is 0.0778. The monoisotopic (exact) mass is 202 g/mol. The van der Waals surface area contributed by atoms with Crippen LogP contribution in [0.2, 0.25) is 0 Å². The van der Waals surface area contributed by atoms with Crippen molar-refractivity contribution in [2.45, 2.75) is 45.2 Å². The summed E-state index contributed by atoms with van der Waals surface area (Å²) in [7, 11) is 4.15. The first kappa shape index (κ1) is 13.9. The van der Waals surface area contributed by atoms with Gasteiger partial charge in [0.1, 0.15) is 0 Å². The number of nitrogens with zero attached hydrogens (tertiary/aromatic N) is 1. The zero-order valence-electron chi connectivity index (χ0n) is 10.3. The minimum absolute atomic E-state index is 0.0355. The van der Waals surface area contributed by atoms with Crippen LogP contribution in [0.15, 0.2) is 0 Å². The highest BCUT2D eigenvalue weighted by Crippen LogP contribution is 2.19. The third-order valence-corrected chi connectivity index (χ3v) is 3.18. The largest absolute Gasteiger partial charge is 0.380 e. The predicted molar refractivity (Wildman–Crippen MR) is 61.5 cm³/mol. The van der Waals surface area contributed by atoms with Crippen LogP contribution in [0, 0.1) is 0 Å². The van der Waals surface area contributed by atoms with Crippen molar-refractivity contribution in [1.29, 1.82) is 0 Å². The van der Waals surface area contributed by atoms with Crippen LogP contribution in [-0.4, -0.2) is 43.8 Å². The summed E-state index contributed by atoms with van der Waals surface area (Å²) in [4.78, 5) is 2.19. The fourth-order valence-corrected chi connectivity index (χ4v) is 1.44. The predicted octanol–water partition coefficient (Wildman–Crippen LogP) is 1.47. The van der Waals surface area contributed by atoms with Gasteiger partial charge in [0.25, 0.3) is 0 Å². The van der Waals surface area contributed by atoms with Gasteiger partial charge in [-0.05, 0) is 33.9 Å². The zero-order chi connectivity index (χ0) is 11.2. The standard InChI is InChI=1S/C11H26N2O/c1-6-8-14-9-10(12)11(3,7-2)13(4)5/h10H,6-9,12H2,1-5H3. The number of hydrogen-bond acceptors (Lipinski definition) is 3. The van der Waals surface area contributed by atoms with E-state index in [0.717, 1.165) is 19.4 Å². The lowest BCUT2D eigenvalue weighted by atomic mass is 9.89. The minimum atomic E-state index is 0.0355.